The van der Waals surface area contributed by atoms with E-state index in [1.54, 1.807) is 34.9 Å². The van der Waals surface area contributed by atoms with Crippen molar-refractivity contribution in [2.75, 3.05) is 26.2 Å². The SMILES string of the molecule is Cc1ccc(C(=O)N2CCN(C(=O)c3ccc4nc(C(F)F)[nH]c4c3)CC2)cc1F. The van der Waals surface area contributed by atoms with Crippen LogP contribution in [0.25, 0.3) is 11.0 Å². The fourth-order valence-electron chi connectivity index (χ4n) is 3.47. The third-order valence-electron chi connectivity index (χ3n) is 5.23. The van der Waals surface area contributed by atoms with E-state index in [0.717, 1.165) is 0 Å². The van der Waals surface area contributed by atoms with Gasteiger partial charge in [-0.1, -0.05) is 6.07 Å². The van der Waals surface area contributed by atoms with Gasteiger partial charge in [0.25, 0.3) is 18.2 Å². The Morgan fingerprint density at radius 2 is 1.53 bits per heavy atom. The van der Waals surface area contributed by atoms with Crippen molar-refractivity contribution in [3.63, 3.8) is 0 Å². The van der Waals surface area contributed by atoms with Gasteiger partial charge in [0, 0.05) is 37.3 Å². The number of piperazine rings is 1. The van der Waals surface area contributed by atoms with Crippen molar-refractivity contribution < 1.29 is 22.8 Å². The Kier molecular flexibility index (Phi) is 5.19. The van der Waals surface area contributed by atoms with E-state index in [9.17, 15) is 22.8 Å². The standard InChI is InChI=1S/C21H19F3N4O2/c1-12-2-3-13(10-15(12)22)20(29)27-6-8-28(9-7-27)21(30)14-4-5-16-17(11-14)26-19(25-16)18(23)24/h2-5,10-11,18H,6-9H2,1H3,(H,25,26). The summed E-state index contributed by atoms with van der Waals surface area (Å²) in [6.07, 6.45) is -2.72. The molecule has 2 amide bonds. The summed E-state index contributed by atoms with van der Waals surface area (Å²) < 4.78 is 39.3. The number of amides is 2. The molecule has 156 valence electrons. The van der Waals surface area contributed by atoms with Crippen molar-refractivity contribution in [2.24, 2.45) is 0 Å². The molecule has 1 N–H and O–H groups in total. The van der Waals surface area contributed by atoms with Gasteiger partial charge in [0.15, 0.2) is 5.82 Å². The minimum atomic E-state index is -2.72. The van der Waals surface area contributed by atoms with Crippen LogP contribution in [0.2, 0.25) is 0 Å². The number of hydrogen-bond acceptors (Lipinski definition) is 3. The number of rotatable bonds is 3. The fourth-order valence-corrected chi connectivity index (χ4v) is 3.47. The number of nitrogens with zero attached hydrogens (tertiary/aromatic N) is 3. The molecule has 0 atom stereocenters. The molecule has 3 aromatic rings. The lowest BCUT2D eigenvalue weighted by atomic mass is 10.1. The predicted molar refractivity (Wildman–Crippen MR) is 104 cm³/mol. The Balaban J connectivity index is 1.43. The minimum absolute atomic E-state index is 0.251. The summed E-state index contributed by atoms with van der Waals surface area (Å²) in [5, 5.41) is 0. The number of fused-ring (bicyclic) bond motifs is 1. The number of halogens is 3. The molecule has 1 saturated heterocycles. The number of aromatic nitrogens is 2. The number of benzene rings is 2. The van der Waals surface area contributed by atoms with Crippen LogP contribution in [0.5, 0.6) is 0 Å². The van der Waals surface area contributed by atoms with Gasteiger partial charge in [-0.05, 0) is 42.8 Å². The van der Waals surface area contributed by atoms with E-state index in [0.29, 0.717) is 48.3 Å². The molecule has 30 heavy (non-hydrogen) atoms. The first-order valence-corrected chi connectivity index (χ1v) is 9.46. The average Bonchev–Trinajstić information content (AvgIpc) is 3.18. The minimum Gasteiger partial charge on any atom is -0.337 e. The van der Waals surface area contributed by atoms with E-state index in [4.69, 9.17) is 0 Å². The van der Waals surface area contributed by atoms with Gasteiger partial charge >= 0.3 is 0 Å². The van der Waals surface area contributed by atoms with Crippen LogP contribution in [-0.4, -0.2) is 57.8 Å². The molecule has 2 aromatic carbocycles. The highest BCUT2D eigenvalue weighted by atomic mass is 19.3. The number of nitrogens with one attached hydrogen (secondary N) is 1. The Labute approximate surface area is 170 Å². The highest BCUT2D eigenvalue weighted by Gasteiger charge is 2.26. The summed E-state index contributed by atoms with van der Waals surface area (Å²) in [5.41, 5.74) is 1.83. The number of imidazole rings is 1. The number of H-pyrrole nitrogens is 1. The fraction of sp³-hybridized carbons (Fsp3) is 0.286. The third kappa shape index (κ3) is 3.74. The maximum absolute atomic E-state index is 13.7. The van der Waals surface area contributed by atoms with Crippen molar-refractivity contribution in [1.82, 2.24) is 19.8 Å². The monoisotopic (exact) mass is 416 g/mol. The topological polar surface area (TPSA) is 69.3 Å². The Morgan fingerprint density at radius 3 is 2.10 bits per heavy atom. The summed E-state index contributed by atoms with van der Waals surface area (Å²) in [7, 11) is 0. The van der Waals surface area contributed by atoms with Gasteiger partial charge in [0.05, 0.1) is 11.0 Å². The molecule has 1 fully saturated rings. The van der Waals surface area contributed by atoms with E-state index in [-0.39, 0.29) is 17.4 Å². The van der Waals surface area contributed by atoms with Crippen LogP contribution < -0.4 is 0 Å². The molecular weight excluding hydrogens is 397 g/mol. The molecule has 1 aliphatic heterocycles. The molecule has 0 saturated carbocycles. The normalized spacial score (nSPS) is 14.6. The average molecular weight is 416 g/mol. The van der Waals surface area contributed by atoms with E-state index in [2.05, 4.69) is 9.97 Å². The highest BCUT2D eigenvalue weighted by molar-refractivity contribution is 5.98. The van der Waals surface area contributed by atoms with Gasteiger partial charge in [-0.25, -0.2) is 18.2 Å². The molecule has 9 heteroatoms. The highest BCUT2D eigenvalue weighted by Crippen LogP contribution is 2.22. The Hall–Kier alpha value is -3.36. The maximum atomic E-state index is 13.7. The van der Waals surface area contributed by atoms with Crippen LogP contribution in [-0.2, 0) is 0 Å². The Morgan fingerprint density at radius 1 is 0.967 bits per heavy atom. The van der Waals surface area contributed by atoms with Crippen molar-refractivity contribution in [2.45, 2.75) is 13.3 Å². The Bertz CT molecular complexity index is 1120. The lowest BCUT2D eigenvalue weighted by Gasteiger charge is -2.35. The third-order valence-corrected chi connectivity index (χ3v) is 5.23. The van der Waals surface area contributed by atoms with E-state index >= 15 is 0 Å². The first-order chi connectivity index (χ1) is 14.3. The molecule has 0 aliphatic carbocycles. The van der Waals surface area contributed by atoms with Crippen LogP contribution >= 0.6 is 0 Å². The van der Waals surface area contributed by atoms with Crippen molar-refractivity contribution in [1.29, 1.82) is 0 Å². The van der Waals surface area contributed by atoms with E-state index in [1.165, 1.54) is 18.2 Å². The summed E-state index contributed by atoms with van der Waals surface area (Å²) in [6.45, 7) is 2.91. The van der Waals surface area contributed by atoms with Crippen molar-refractivity contribution in [3.8, 4) is 0 Å². The van der Waals surface area contributed by atoms with Gasteiger partial charge in [-0.2, -0.15) is 0 Å². The summed E-state index contributed by atoms with van der Waals surface area (Å²) in [5.74, 6) is -1.40. The number of carbonyl (C=O) groups excluding carboxylic acids is 2. The summed E-state index contributed by atoms with van der Waals surface area (Å²) in [6, 6.07) is 8.95. The van der Waals surface area contributed by atoms with Crippen LogP contribution in [0, 0.1) is 12.7 Å². The molecular formula is C21H19F3N4O2. The number of hydrogen-bond donors (Lipinski definition) is 1. The van der Waals surface area contributed by atoms with Crippen molar-refractivity contribution >= 4 is 22.8 Å². The summed E-state index contributed by atoms with van der Waals surface area (Å²) >= 11 is 0. The number of alkyl halides is 2. The van der Waals surface area contributed by atoms with Crippen LogP contribution in [0.4, 0.5) is 13.2 Å². The second-order valence-corrected chi connectivity index (χ2v) is 7.20. The molecule has 0 bridgehead atoms. The van der Waals surface area contributed by atoms with Crippen LogP contribution in [0.3, 0.4) is 0 Å². The molecule has 1 aliphatic rings. The molecule has 0 radical (unpaired) electrons. The predicted octanol–water partition coefficient (Wildman–Crippen LogP) is 3.55. The lowest BCUT2D eigenvalue weighted by molar-refractivity contribution is 0.0535. The quantitative estimate of drug-likeness (QED) is 0.710. The van der Waals surface area contributed by atoms with Crippen molar-refractivity contribution in [3.05, 3.63) is 64.7 Å². The number of aryl methyl sites for hydroxylation is 1. The number of carbonyl (C=O) groups is 2. The molecule has 4 rings (SSSR count). The zero-order valence-electron chi connectivity index (χ0n) is 16.2. The zero-order chi connectivity index (χ0) is 21.4. The molecule has 1 aromatic heterocycles. The molecule has 0 unspecified atom stereocenters. The zero-order valence-corrected chi connectivity index (χ0v) is 16.2. The number of aromatic amines is 1. The summed E-state index contributed by atoms with van der Waals surface area (Å²) in [4.78, 5) is 34.9. The second kappa shape index (κ2) is 7.81. The maximum Gasteiger partial charge on any atom is 0.295 e. The van der Waals surface area contributed by atoms with Gasteiger partial charge in [-0.15, -0.1) is 0 Å². The van der Waals surface area contributed by atoms with E-state index in [1.807, 2.05) is 0 Å². The van der Waals surface area contributed by atoms with Gasteiger partial charge < -0.3 is 14.8 Å². The first-order valence-electron chi connectivity index (χ1n) is 9.46. The molecule has 0 spiro atoms. The van der Waals surface area contributed by atoms with Gasteiger partial charge in [0.2, 0.25) is 0 Å². The first kappa shape index (κ1) is 19.9. The smallest absolute Gasteiger partial charge is 0.295 e. The van der Waals surface area contributed by atoms with E-state index < -0.39 is 18.1 Å². The lowest BCUT2D eigenvalue weighted by Crippen LogP contribution is -2.50. The van der Waals surface area contributed by atoms with Crippen LogP contribution in [0.15, 0.2) is 36.4 Å². The molecule has 2 heterocycles. The van der Waals surface area contributed by atoms with Gasteiger partial charge in [0.1, 0.15) is 5.82 Å². The molecule has 6 nitrogen and oxygen atoms in total. The van der Waals surface area contributed by atoms with Gasteiger partial charge in [-0.3, -0.25) is 9.59 Å². The second-order valence-electron chi connectivity index (χ2n) is 7.20. The van der Waals surface area contributed by atoms with Crippen LogP contribution in [0.1, 0.15) is 38.5 Å². The largest absolute Gasteiger partial charge is 0.337 e.